The van der Waals surface area contributed by atoms with Crippen LogP contribution in [0.1, 0.15) is 110 Å². The summed E-state index contributed by atoms with van der Waals surface area (Å²) >= 11 is 0. The Bertz CT molecular complexity index is 1230. The molecule has 5 saturated carbocycles. The number of ether oxygens (including phenoxy) is 1. The first kappa shape index (κ1) is 29.0. The molecule has 0 unspecified atom stereocenters. The molecular weight excluding hydrogens is 502 g/mol. The van der Waals surface area contributed by atoms with Crippen molar-refractivity contribution < 1.29 is 9.53 Å². The minimum absolute atomic E-state index is 0.112. The Hall–Kier alpha value is -2.08. The highest BCUT2D eigenvalue weighted by atomic mass is 16.5. The van der Waals surface area contributed by atoms with Crippen molar-refractivity contribution in [3.05, 3.63) is 48.0 Å². The zero-order valence-corrected chi connectivity index (χ0v) is 26.5. The number of carbonyl (C=O) groups excluding carboxylic acids is 1. The van der Waals surface area contributed by atoms with Crippen molar-refractivity contribution in [2.24, 2.45) is 69.0 Å². The van der Waals surface area contributed by atoms with Crippen LogP contribution in [0.2, 0.25) is 0 Å². The minimum atomic E-state index is -0.165. The molecule has 0 N–H and O–H groups in total. The molecule has 41 heavy (non-hydrogen) atoms. The maximum absolute atomic E-state index is 13.1. The maximum atomic E-state index is 13.1. The zero-order valence-electron chi connectivity index (χ0n) is 26.5. The van der Waals surface area contributed by atoms with E-state index in [0.717, 1.165) is 6.42 Å². The van der Waals surface area contributed by atoms with Crippen LogP contribution < -0.4 is 0 Å². The summed E-state index contributed by atoms with van der Waals surface area (Å²) in [4.78, 5) is 13.1. The number of nitrogens with zero attached hydrogens (tertiary/aromatic N) is 1. The molecule has 10 atom stereocenters. The van der Waals surface area contributed by atoms with Crippen LogP contribution >= 0.6 is 0 Å². The molecule has 1 aromatic carbocycles. The molecule has 222 valence electrons. The lowest BCUT2D eigenvalue weighted by Crippen LogP contribution is -2.61. The molecule has 3 heteroatoms. The van der Waals surface area contributed by atoms with Crippen molar-refractivity contribution in [3.8, 4) is 6.07 Å². The van der Waals surface area contributed by atoms with Gasteiger partial charge >= 0.3 is 5.97 Å². The maximum Gasteiger partial charge on any atom is 0.338 e. The molecule has 0 aliphatic heterocycles. The molecule has 0 aromatic heterocycles. The van der Waals surface area contributed by atoms with Crippen LogP contribution in [0, 0.1) is 80.3 Å². The van der Waals surface area contributed by atoms with E-state index in [9.17, 15) is 10.1 Å². The largest absolute Gasteiger partial charge is 0.461 e. The first-order valence-corrected chi connectivity index (χ1v) is 16.7. The Morgan fingerprint density at radius 1 is 1.05 bits per heavy atom. The second-order valence-corrected chi connectivity index (χ2v) is 16.4. The van der Waals surface area contributed by atoms with E-state index in [0.29, 0.717) is 53.6 Å². The number of rotatable bonds is 6. The monoisotopic (exact) mass is 555 g/mol. The van der Waals surface area contributed by atoms with Crippen LogP contribution in [-0.2, 0) is 4.74 Å². The van der Waals surface area contributed by atoms with Gasteiger partial charge in [-0.25, -0.2) is 4.79 Å². The fraction of sp³-hybridized carbons (Fsp3) is 0.737. The second-order valence-electron chi connectivity index (χ2n) is 16.4. The molecule has 0 heterocycles. The predicted molar refractivity (Wildman–Crippen MR) is 165 cm³/mol. The standard InChI is InChI=1S/C38H53NO2/c1-24(2)28-15-18-38(23-41-34(40)26-11-9-8-10-12-26)20-19-37(7)31(33(28)38)14-13-30-25(3)29(16-17-36(30,37)6)35(4,5)32-21-27(32)22-39/h8-12,24,27-33H,3,13-21,23H2,1-2,4-7H3/t27-,28-,29-,30+,31+,32+,33+,36+,37+,38+/m0/s1. The van der Waals surface area contributed by atoms with Crippen LogP contribution in [0.3, 0.4) is 0 Å². The van der Waals surface area contributed by atoms with Crippen molar-refractivity contribution in [2.75, 3.05) is 6.61 Å². The number of hydrogen-bond donors (Lipinski definition) is 0. The van der Waals surface area contributed by atoms with Crippen LogP contribution in [0.15, 0.2) is 42.5 Å². The molecule has 0 spiro atoms. The number of benzene rings is 1. The number of allylic oxidation sites excluding steroid dienone is 1. The summed E-state index contributed by atoms with van der Waals surface area (Å²) in [6, 6.07) is 12.1. The van der Waals surface area contributed by atoms with E-state index in [1.807, 2.05) is 30.3 Å². The van der Waals surface area contributed by atoms with Gasteiger partial charge in [0.1, 0.15) is 0 Å². The molecule has 0 bridgehead atoms. The predicted octanol–water partition coefficient (Wildman–Crippen LogP) is 9.50. The Balaban J connectivity index is 1.27. The molecule has 0 saturated heterocycles. The van der Waals surface area contributed by atoms with Gasteiger partial charge in [-0.1, -0.05) is 71.9 Å². The molecule has 5 fully saturated rings. The molecule has 5 aliphatic carbocycles. The highest BCUT2D eigenvalue weighted by Crippen LogP contribution is 2.75. The van der Waals surface area contributed by atoms with Gasteiger partial charge in [-0.15, -0.1) is 0 Å². The SMILES string of the molecule is C=C1[C@H]2CC[C@@H]3[C@H]4[C@H](C(C)C)CC[C@]4(COC(=O)c4ccccc4)CC[C@@]3(C)[C@]2(C)CC[C@@H]1C(C)(C)[C@@H]1C[C@H]1C#N. The molecule has 1 aromatic rings. The van der Waals surface area contributed by atoms with Crippen LogP contribution in [0.4, 0.5) is 0 Å². The lowest BCUT2D eigenvalue weighted by molar-refractivity contribution is -0.183. The summed E-state index contributed by atoms with van der Waals surface area (Å²) < 4.78 is 6.18. The highest BCUT2D eigenvalue weighted by Gasteiger charge is 2.68. The Morgan fingerprint density at radius 2 is 1.78 bits per heavy atom. The number of nitriles is 1. The van der Waals surface area contributed by atoms with Crippen LogP contribution in [-0.4, -0.2) is 12.6 Å². The van der Waals surface area contributed by atoms with Crippen molar-refractivity contribution in [1.29, 1.82) is 5.26 Å². The number of hydrogen-bond acceptors (Lipinski definition) is 3. The molecular formula is C38H53NO2. The number of esters is 1. The highest BCUT2D eigenvalue weighted by molar-refractivity contribution is 5.89. The van der Waals surface area contributed by atoms with Crippen molar-refractivity contribution in [3.63, 3.8) is 0 Å². The molecule has 3 nitrogen and oxygen atoms in total. The fourth-order valence-corrected chi connectivity index (χ4v) is 11.7. The van der Waals surface area contributed by atoms with E-state index in [2.05, 4.69) is 47.6 Å². The first-order chi connectivity index (χ1) is 19.4. The third-order valence-electron chi connectivity index (χ3n) is 14.4. The molecule has 0 radical (unpaired) electrons. The average Bonchev–Trinajstić information content (AvgIpc) is 3.66. The summed E-state index contributed by atoms with van der Waals surface area (Å²) in [5, 5.41) is 9.58. The van der Waals surface area contributed by atoms with Gasteiger partial charge in [-0.05, 0) is 128 Å². The molecule has 6 rings (SSSR count). The normalized spacial score (nSPS) is 43.5. The van der Waals surface area contributed by atoms with E-state index >= 15 is 0 Å². The minimum Gasteiger partial charge on any atom is -0.461 e. The van der Waals surface area contributed by atoms with Gasteiger partial charge in [0.15, 0.2) is 0 Å². The van der Waals surface area contributed by atoms with Gasteiger partial charge < -0.3 is 4.74 Å². The summed E-state index contributed by atoms with van der Waals surface area (Å²) in [5.74, 6) is 4.36. The van der Waals surface area contributed by atoms with Gasteiger partial charge in [0.2, 0.25) is 0 Å². The van der Waals surface area contributed by atoms with E-state index in [4.69, 9.17) is 11.3 Å². The summed E-state index contributed by atoms with van der Waals surface area (Å²) in [6.07, 6.45) is 10.9. The van der Waals surface area contributed by atoms with E-state index in [-0.39, 0.29) is 33.5 Å². The summed E-state index contributed by atoms with van der Waals surface area (Å²) in [7, 11) is 0. The van der Waals surface area contributed by atoms with Gasteiger partial charge in [-0.3, -0.25) is 0 Å². The van der Waals surface area contributed by atoms with E-state index in [1.54, 1.807) is 0 Å². The molecule has 0 amide bonds. The van der Waals surface area contributed by atoms with Gasteiger partial charge in [0, 0.05) is 5.41 Å². The van der Waals surface area contributed by atoms with Gasteiger partial charge in [-0.2, -0.15) is 5.26 Å². The summed E-state index contributed by atoms with van der Waals surface area (Å²) in [6.45, 7) is 20.5. The lowest BCUT2D eigenvalue weighted by Gasteiger charge is -2.68. The lowest BCUT2D eigenvalue weighted by atomic mass is 9.36. The fourth-order valence-electron chi connectivity index (χ4n) is 11.7. The second kappa shape index (κ2) is 9.99. The number of fused-ring (bicyclic) bond motifs is 5. The third kappa shape index (κ3) is 4.28. The smallest absolute Gasteiger partial charge is 0.338 e. The topological polar surface area (TPSA) is 50.1 Å². The molecule has 5 aliphatic rings. The summed E-state index contributed by atoms with van der Waals surface area (Å²) in [5.41, 5.74) is 2.98. The van der Waals surface area contributed by atoms with Crippen molar-refractivity contribution >= 4 is 5.97 Å². The van der Waals surface area contributed by atoms with Gasteiger partial charge in [0.25, 0.3) is 0 Å². The third-order valence-corrected chi connectivity index (χ3v) is 14.4. The van der Waals surface area contributed by atoms with E-state index < -0.39 is 0 Å². The van der Waals surface area contributed by atoms with Crippen LogP contribution in [0.25, 0.3) is 0 Å². The van der Waals surface area contributed by atoms with Crippen LogP contribution in [0.5, 0.6) is 0 Å². The Morgan fingerprint density at radius 3 is 2.44 bits per heavy atom. The van der Waals surface area contributed by atoms with Gasteiger partial charge in [0.05, 0.1) is 24.2 Å². The quantitative estimate of drug-likeness (QED) is 0.259. The average molecular weight is 556 g/mol. The van der Waals surface area contributed by atoms with Crippen molar-refractivity contribution in [2.45, 2.75) is 99.3 Å². The first-order valence-electron chi connectivity index (χ1n) is 16.7. The Kier molecular flexibility index (Phi) is 7.07. The van der Waals surface area contributed by atoms with E-state index in [1.165, 1.54) is 56.9 Å². The Labute approximate surface area is 249 Å². The number of carbonyl (C=O) groups is 1. The van der Waals surface area contributed by atoms with Crippen molar-refractivity contribution in [1.82, 2.24) is 0 Å². The zero-order chi connectivity index (χ0) is 29.4.